The van der Waals surface area contributed by atoms with Gasteiger partial charge in [0.1, 0.15) is 0 Å². The van der Waals surface area contributed by atoms with Crippen LogP contribution in [0.3, 0.4) is 0 Å². The van der Waals surface area contributed by atoms with E-state index in [0.29, 0.717) is 0 Å². The van der Waals surface area contributed by atoms with Crippen LogP contribution in [0.25, 0.3) is 0 Å². The van der Waals surface area contributed by atoms with E-state index < -0.39 is 0 Å². The predicted molar refractivity (Wildman–Crippen MR) is 61.5 cm³/mol. The minimum absolute atomic E-state index is 1.12. The van der Waals surface area contributed by atoms with Crippen LogP contribution in [0.1, 0.15) is 26.3 Å². The lowest BCUT2D eigenvalue weighted by atomic mass is 10.1. The lowest BCUT2D eigenvalue weighted by Gasteiger charge is -2.11. The fourth-order valence-electron chi connectivity index (χ4n) is 1.03. The maximum absolute atomic E-state index is 2.18. The van der Waals surface area contributed by atoms with Crippen molar-refractivity contribution in [3.05, 3.63) is 29.8 Å². The van der Waals surface area contributed by atoms with Crippen molar-refractivity contribution < 1.29 is 0 Å². The Hall–Kier alpha value is -0.980. The van der Waals surface area contributed by atoms with E-state index in [-0.39, 0.29) is 0 Å². The van der Waals surface area contributed by atoms with Gasteiger partial charge in [0.2, 0.25) is 0 Å². The quantitative estimate of drug-likeness (QED) is 0.673. The standard InChI is InChI=1S/C10H15N.C2H6/c1-4-9-5-7-10(8-6-9)11(2)3;1-2/h5-8H,4H2,1-3H3;1-2H3. The van der Waals surface area contributed by atoms with Crippen molar-refractivity contribution in [2.24, 2.45) is 0 Å². The maximum Gasteiger partial charge on any atom is 0.0361 e. The van der Waals surface area contributed by atoms with Gasteiger partial charge in [-0.15, -0.1) is 0 Å². The summed E-state index contributed by atoms with van der Waals surface area (Å²) in [6.07, 6.45) is 1.12. The number of anilines is 1. The topological polar surface area (TPSA) is 3.24 Å². The number of hydrogen-bond donors (Lipinski definition) is 0. The van der Waals surface area contributed by atoms with Crippen LogP contribution in [0.5, 0.6) is 0 Å². The van der Waals surface area contributed by atoms with Gasteiger partial charge in [-0.05, 0) is 24.1 Å². The van der Waals surface area contributed by atoms with E-state index in [1.807, 2.05) is 13.8 Å². The van der Waals surface area contributed by atoms with Crippen molar-refractivity contribution in [1.82, 2.24) is 0 Å². The first kappa shape index (κ1) is 12.0. The predicted octanol–water partition coefficient (Wildman–Crippen LogP) is 3.34. The fourth-order valence-corrected chi connectivity index (χ4v) is 1.03. The first-order valence-corrected chi connectivity index (χ1v) is 5.00. The van der Waals surface area contributed by atoms with Gasteiger partial charge in [-0.3, -0.25) is 0 Å². The highest BCUT2D eigenvalue weighted by molar-refractivity contribution is 5.45. The highest BCUT2D eigenvalue weighted by Gasteiger charge is 1.92. The molecule has 0 unspecified atom stereocenters. The van der Waals surface area contributed by atoms with Crippen LogP contribution in [0.15, 0.2) is 24.3 Å². The Morgan fingerprint density at radius 1 is 1.00 bits per heavy atom. The van der Waals surface area contributed by atoms with Gasteiger partial charge in [0.05, 0.1) is 0 Å². The Balaban J connectivity index is 0.000000671. The van der Waals surface area contributed by atoms with E-state index in [0.717, 1.165) is 6.42 Å². The Labute approximate surface area is 82.4 Å². The monoisotopic (exact) mass is 179 g/mol. The average Bonchev–Trinajstić information content (AvgIpc) is 2.21. The van der Waals surface area contributed by atoms with Crippen molar-refractivity contribution in [3.63, 3.8) is 0 Å². The summed E-state index contributed by atoms with van der Waals surface area (Å²) in [7, 11) is 4.11. The molecule has 13 heavy (non-hydrogen) atoms. The molecule has 0 radical (unpaired) electrons. The zero-order valence-corrected chi connectivity index (χ0v) is 9.46. The van der Waals surface area contributed by atoms with Crippen molar-refractivity contribution in [2.75, 3.05) is 19.0 Å². The number of nitrogens with zero attached hydrogens (tertiary/aromatic N) is 1. The second-order valence-corrected chi connectivity index (χ2v) is 2.91. The van der Waals surface area contributed by atoms with Gasteiger partial charge in [0.25, 0.3) is 0 Å². The van der Waals surface area contributed by atoms with E-state index in [4.69, 9.17) is 0 Å². The van der Waals surface area contributed by atoms with Crippen LogP contribution >= 0.6 is 0 Å². The van der Waals surface area contributed by atoms with E-state index in [1.165, 1.54) is 11.3 Å². The van der Waals surface area contributed by atoms with E-state index in [2.05, 4.69) is 50.2 Å². The molecule has 1 rings (SSSR count). The zero-order chi connectivity index (χ0) is 10.3. The molecule has 0 heterocycles. The van der Waals surface area contributed by atoms with Gasteiger partial charge >= 0.3 is 0 Å². The Morgan fingerprint density at radius 2 is 1.46 bits per heavy atom. The van der Waals surface area contributed by atoms with Gasteiger partial charge in [0.15, 0.2) is 0 Å². The molecule has 1 heteroatoms. The van der Waals surface area contributed by atoms with Crippen molar-refractivity contribution >= 4 is 5.69 Å². The van der Waals surface area contributed by atoms with Gasteiger partial charge in [0, 0.05) is 19.8 Å². The maximum atomic E-state index is 2.18. The highest BCUT2D eigenvalue weighted by Crippen LogP contribution is 2.11. The third-order valence-corrected chi connectivity index (χ3v) is 1.86. The molecule has 0 saturated carbocycles. The Bertz CT molecular complexity index is 211. The second-order valence-electron chi connectivity index (χ2n) is 2.91. The molecule has 0 bridgehead atoms. The first-order chi connectivity index (χ1) is 6.24. The molecule has 0 atom stereocenters. The SMILES string of the molecule is CC.CCc1ccc(N(C)C)cc1. The summed E-state index contributed by atoms with van der Waals surface area (Å²) in [4.78, 5) is 2.11. The summed E-state index contributed by atoms with van der Waals surface area (Å²) >= 11 is 0. The van der Waals surface area contributed by atoms with Crippen molar-refractivity contribution in [1.29, 1.82) is 0 Å². The minimum atomic E-state index is 1.12. The molecule has 0 aliphatic rings. The normalized spacial score (nSPS) is 8.69. The van der Waals surface area contributed by atoms with Crippen LogP contribution in [-0.4, -0.2) is 14.1 Å². The molecular formula is C12H21N. The van der Waals surface area contributed by atoms with Gasteiger partial charge in [-0.2, -0.15) is 0 Å². The number of rotatable bonds is 2. The van der Waals surface area contributed by atoms with Crippen LogP contribution in [0, 0.1) is 0 Å². The molecule has 0 aromatic heterocycles. The third kappa shape index (κ3) is 3.97. The summed E-state index contributed by atoms with van der Waals surface area (Å²) in [5.41, 5.74) is 2.66. The summed E-state index contributed by atoms with van der Waals surface area (Å²) in [5, 5.41) is 0. The van der Waals surface area contributed by atoms with Gasteiger partial charge in [-0.25, -0.2) is 0 Å². The van der Waals surface area contributed by atoms with Crippen LogP contribution in [-0.2, 0) is 6.42 Å². The summed E-state index contributed by atoms with van der Waals surface area (Å²) in [6, 6.07) is 8.66. The summed E-state index contributed by atoms with van der Waals surface area (Å²) in [6.45, 7) is 6.17. The summed E-state index contributed by atoms with van der Waals surface area (Å²) < 4.78 is 0. The van der Waals surface area contributed by atoms with Crippen LogP contribution < -0.4 is 4.90 Å². The van der Waals surface area contributed by atoms with Crippen molar-refractivity contribution in [2.45, 2.75) is 27.2 Å². The summed E-state index contributed by atoms with van der Waals surface area (Å²) in [5.74, 6) is 0. The average molecular weight is 179 g/mol. The number of benzene rings is 1. The van der Waals surface area contributed by atoms with Crippen LogP contribution in [0.4, 0.5) is 5.69 Å². The molecule has 0 aliphatic carbocycles. The number of aryl methyl sites for hydroxylation is 1. The lowest BCUT2D eigenvalue weighted by molar-refractivity contribution is 1.11. The highest BCUT2D eigenvalue weighted by atomic mass is 15.1. The largest absolute Gasteiger partial charge is 0.378 e. The van der Waals surface area contributed by atoms with Crippen LogP contribution in [0.2, 0.25) is 0 Å². The Morgan fingerprint density at radius 3 is 1.77 bits per heavy atom. The zero-order valence-electron chi connectivity index (χ0n) is 9.46. The molecule has 0 fully saturated rings. The molecule has 0 saturated heterocycles. The van der Waals surface area contributed by atoms with E-state index >= 15 is 0 Å². The third-order valence-electron chi connectivity index (χ3n) is 1.86. The second kappa shape index (κ2) is 6.53. The van der Waals surface area contributed by atoms with E-state index in [1.54, 1.807) is 0 Å². The van der Waals surface area contributed by atoms with E-state index in [9.17, 15) is 0 Å². The first-order valence-electron chi connectivity index (χ1n) is 5.00. The molecule has 0 N–H and O–H groups in total. The smallest absolute Gasteiger partial charge is 0.0361 e. The molecule has 1 nitrogen and oxygen atoms in total. The fraction of sp³-hybridized carbons (Fsp3) is 0.500. The Kier molecular flexibility index (Phi) is 6.03. The number of hydrogen-bond acceptors (Lipinski definition) is 1. The molecule has 1 aromatic carbocycles. The molecule has 0 spiro atoms. The van der Waals surface area contributed by atoms with Crippen molar-refractivity contribution in [3.8, 4) is 0 Å². The molecule has 74 valence electrons. The molecule has 0 amide bonds. The molecule has 0 aliphatic heterocycles. The molecular weight excluding hydrogens is 158 g/mol. The molecule has 1 aromatic rings. The lowest BCUT2D eigenvalue weighted by Crippen LogP contribution is -2.08. The minimum Gasteiger partial charge on any atom is -0.378 e. The van der Waals surface area contributed by atoms with Gasteiger partial charge in [-0.1, -0.05) is 32.9 Å². The van der Waals surface area contributed by atoms with Gasteiger partial charge < -0.3 is 4.90 Å².